The number of furan rings is 1. The molecule has 2 amide bonds. The lowest BCUT2D eigenvalue weighted by molar-refractivity contribution is -0.120. The number of nitrogen functional groups attached to an aromatic ring is 1. The number of carbonyl (C=O) groups is 2. The molecule has 2 aromatic heterocycles. The van der Waals surface area contributed by atoms with Crippen LogP contribution in [0.3, 0.4) is 0 Å². The van der Waals surface area contributed by atoms with Crippen molar-refractivity contribution in [2.24, 2.45) is 0 Å². The van der Waals surface area contributed by atoms with E-state index in [1.165, 1.54) is 15.8 Å². The van der Waals surface area contributed by atoms with E-state index in [2.05, 4.69) is 15.5 Å². The van der Waals surface area contributed by atoms with E-state index in [9.17, 15) is 9.59 Å². The summed E-state index contributed by atoms with van der Waals surface area (Å²) < 4.78 is 6.52. The molecule has 0 fully saturated rings. The van der Waals surface area contributed by atoms with Crippen molar-refractivity contribution in [1.29, 1.82) is 0 Å². The van der Waals surface area contributed by atoms with Crippen molar-refractivity contribution in [2.75, 3.05) is 28.4 Å². The minimum absolute atomic E-state index is 0.0244. The quantitative estimate of drug-likeness (QED) is 0.525. The molecule has 0 aliphatic carbocycles. The number of amides is 2. The molecule has 1 aliphatic heterocycles. The fourth-order valence-electron chi connectivity index (χ4n) is 2.61. The van der Waals surface area contributed by atoms with Crippen LogP contribution in [0.25, 0.3) is 11.6 Å². The summed E-state index contributed by atoms with van der Waals surface area (Å²) in [5.41, 5.74) is 1.28. The maximum atomic E-state index is 12.6. The number of benzene rings is 1. The van der Waals surface area contributed by atoms with E-state index in [0.29, 0.717) is 28.1 Å². The Morgan fingerprint density at radius 1 is 1.27 bits per heavy atom. The fourth-order valence-corrected chi connectivity index (χ4v) is 3.34. The van der Waals surface area contributed by atoms with Crippen LogP contribution in [-0.4, -0.2) is 39.0 Å². The van der Waals surface area contributed by atoms with Crippen LogP contribution in [0.4, 0.5) is 11.4 Å². The number of nitrogens with one attached hydrogen (secondary N) is 1. The average Bonchev–Trinajstić information content (AvgIpc) is 3.28. The molecule has 0 unspecified atom stereocenters. The molecule has 3 N–H and O–H groups in total. The first-order chi connectivity index (χ1) is 12.6. The molecule has 0 atom stereocenters. The molecule has 4 rings (SSSR count). The van der Waals surface area contributed by atoms with Gasteiger partial charge in [-0.25, -0.2) is 4.68 Å². The maximum absolute atomic E-state index is 12.6. The predicted octanol–water partition coefficient (Wildman–Crippen LogP) is 1.33. The fraction of sp³-hybridized carbons (Fsp3) is 0.125. The summed E-state index contributed by atoms with van der Waals surface area (Å²) in [5.74, 6) is 6.44. The van der Waals surface area contributed by atoms with Crippen LogP contribution >= 0.6 is 11.8 Å². The van der Waals surface area contributed by atoms with Gasteiger partial charge in [-0.15, -0.1) is 10.2 Å². The topological polar surface area (TPSA) is 119 Å². The Hall–Kier alpha value is -3.27. The number of anilines is 2. The Bertz CT molecular complexity index is 968. The van der Waals surface area contributed by atoms with Gasteiger partial charge in [0.25, 0.3) is 0 Å². The second-order valence-electron chi connectivity index (χ2n) is 5.49. The SMILES string of the molecule is Nn1c(SCC(=O)N2CC(=O)Nc3ccccc32)nnc1-c1ccco1. The van der Waals surface area contributed by atoms with Crippen molar-refractivity contribution < 1.29 is 14.0 Å². The highest BCUT2D eigenvalue weighted by molar-refractivity contribution is 7.99. The van der Waals surface area contributed by atoms with Crippen LogP contribution in [-0.2, 0) is 9.59 Å². The largest absolute Gasteiger partial charge is 0.461 e. The molecule has 0 saturated heterocycles. The van der Waals surface area contributed by atoms with Gasteiger partial charge in [0.2, 0.25) is 22.8 Å². The monoisotopic (exact) mass is 370 g/mol. The van der Waals surface area contributed by atoms with Gasteiger partial charge < -0.3 is 20.5 Å². The van der Waals surface area contributed by atoms with Gasteiger partial charge in [-0.1, -0.05) is 23.9 Å². The van der Waals surface area contributed by atoms with Gasteiger partial charge in [0.15, 0.2) is 5.76 Å². The van der Waals surface area contributed by atoms with Gasteiger partial charge in [-0.3, -0.25) is 9.59 Å². The number of hydrogen-bond donors (Lipinski definition) is 2. The molecule has 0 radical (unpaired) electrons. The van der Waals surface area contributed by atoms with Crippen molar-refractivity contribution >= 4 is 35.0 Å². The lowest BCUT2D eigenvalue weighted by Crippen LogP contribution is -2.43. The van der Waals surface area contributed by atoms with E-state index in [1.807, 2.05) is 6.07 Å². The van der Waals surface area contributed by atoms with Crippen LogP contribution in [0.5, 0.6) is 0 Å². The summed E-state index contributed by atoms with van der Waals surface area (Å²) in [7, 11) is 0. The number of fused-ring (bicyclic) bond motifs is 1. The predicted molar refractivity (Wildman–Crippen MR) is 96.0 cm³/mol. The lowest BCUT2D eigenvalue weighted by atomic mass is 10.2. The third kappa shape index (κ3) is 2.90. The molecule has 0 saturated carbocycles. The summed E-state index contributed by atoms with van der Waals surface area (Å²) in [4.78, 5) is 25.9. The second-order valence-corrected chi connectivity index (χ2v) is 6.43. The van der Waals surface area contributed by atoms with E-state index in [0.717, 1.165) is 11.8 Å². The highest BCUT2D eigenvalue weighted by atomic mass is 32.2. The van der Waals surface area contributed by atoms with Gasteiger partial charge in [0.1, 0.15) is 6.54 Å². The van der Waals surface area contributed by atoms with Crippen LogP contribution < -0.4 is 16.1 Å². The zero-order chi connectivity index (χ0) is 18.1. The van der Waals surface area contributed by atoms with E-state index in [-0.39, 0.29) is 24.1 Å². The number of hydrogen-bond acceptors (Lipinski definition) is 7. The first-order valence-corrected chi connectivity index (χ1v) is 8.68. The number of para-hydroxylation sites is 2. The van der Waals surface area contributed by atoms with Crippen molar-refractivity contribution in [2.45, 2.75) is 5.16 Å². The van der Waals surface area contributed by atoms with Crippen LogP contribution in [0.15, 0.2) is 52.2 Å². The second kappa shape index (κ2) is 6.56. The van der Waals surface area contributed by atoms with Crippen molar-refractivity contribution in [3.63, 3.8) is 0 Å². The van der Waals surface area contributed by atoms with Gasteiger partial charge in [0, 0.05) is 0 Å². The van der Waals surface area contributed by atoms with E-state index >= 15 is 0 Å². The Balaban J connectivity index is 1.49. The van der Waals surface area contributed by atoms with Crippen molar-refractivity contribution in [1.82, 2.24) is 14.9 Å². The lowest BCUT2D eigenvalue weighted by Gasteiger charge is -2.28. The number of aromatic nitrogens is 3. The standard InChI is InChI=1S/C16H14N6O3S/c17-22-15(12-6-3-7-25-12)19-20-16(22)26-9-14(24)21-8-13(23)18-10-4-1-2-5-11(10)21/h1-7H,8-9,17H2,(H,18,23). The summed E-state index contributed by atoms with van der Waals surface area (Å²) in [6, 6.07) is 10.6. The maximum Gasteiger partial charge on any atom is 0.244 e. The van der Waals surface area contributed by atoms with E-state index in [4.69, 9.17) is 10.3 Å². The molecule has 1 aromatic carbocycles. The Morgan fingerprint density at radius 3 is 2.92 bits per heavy atom. The van der Waals surface area contributed by atoms with Gasteiger partial charge >= 0.3 is 0 Å². The molecular weight excluding hydrogens is 356 g/mol. The summed E-state index contributed by atoms with van der Waals surface area (Å²) in [6.07, 6.45) is 1.51. The first-order valence-electron chi connectivity index (χ1n) is 7.70. The molecule has 26 heavy (non-hydrogen) atoms. The molecule has 9 nitrogen and oxygen atoms in total. The van der Waals surface area contributed by atoms with Gasteiger partial charge in [-0.05, 0) is 24.3 Å². The average molecular weight is 370 g/mol. The smallest absolute Gasteiger partial charge is 0.244 e. The minimum atomic E-state index is -0.232. The molecule has 1 aliphatic rings. The highest BCUT2D eigenvalue weighted by Gasteiger charge is 2.27. The molecule has 3 aromatic rings. The van der Waals surface area contributed by atoms with Gasteiger partial charge in [-0.2, -0.15) is 0 Å². The molecule has 3 heterocycles. The van der Waals surface area contributed by atoms with E-state index < -0.39 is 0 Å². The molecular formula is C16H14N6O3S. The van der Waals surface area contributed by atoms with Crippen LogP contribution in [0.1, 0.15) is 0 Å². The highest BCUT2D eigenvalue weighted by Crippen LogP contribution is 2.30. The summed E-state index contributed by atoms with van der Waals surface area (Å²) >= 11 is 1.14. The molecule has 0 bridgehead atoms. The Morgan fingerprint density at radius 2 is 2.12 bits per heavy atom. The number of nitrogens with zero attached hydrogens (tertiary/aromatic N) is 4. The minimum Gasteiger partial charge on any atom is -0.461 e. The number of rotatable bonds is 4. The van der Waals surface area contributed by atoms with E-state index in [1.54, 1.807) is 30.3 Å². The molecule has 10 heteroatoms. The third-order valence-corrected chi connectivity index (χ3v) is 4.73. The van der Waals surface area contributed by atoms with Crippen molar-refractivity contribution in [3.05, 3.63) is 42.7 Å². The first kappa shape index (κ1) is 16.2. The molecule has 132 valence electrons. The zero-order valence-corrected chi connectivity index (χ0v) is 14.3. The zero-order valence-electron chi connectivity index (χ0n) is 13.5. The van der Waals surface area contributed by atoms with Crippen molar-refractivity contribution in [3.8, 4) is 11.6 Å². The van der Waals surface area contributed by atoms with Gasteiger partial charge in [0.05, 0.1) is 23.4 Å². The summed E-state index contributed by atoms with van der Waals surface area (Å²) in [5, 5.41) is 11.1. The normalized spacial score (nSPS) is 13.4. The Labute approximate surface area is 152 Å². The van der Waals surface area contributed by atoms with Crippen LogP contribution in [0, 0.1) is 0 Å². The third-order valence-electron chi connectivity index (χ3n) is 3.80. The summed E-state index contributed by atoms with van der Waals surface area (Å²) in [6.45, 7) is -0.0244. The number of thioether (sulfide) groups is 1. The number of carbonyl (C=O) groups excluding carboxylic acids is 2. The Kier molecular flexibility index (Phi) is 4.09. The van der Waals surface area contributed by atoms with Crippen LogP contribution in [0.2, 0.25) is 0 Å². The number of nitrogens with two attached hydrogens (primary N) is 1. The molecule has 0 spiro atoms.